The molecule has 1 fully saturated rings. The molecule has 24 heavy (non-hydrogen) atoms. The van der Waals surface area contributed by atoms with Gasteiger partial charge in [-0.3, -0.25) is 9.69 Å². The molecule has 2 atom stereocenters. The second kappa shape index (κ2) is 7.97. The fraction of sp³-hybridized carbons (Fsp3) is 0.588. The number of amides is 1. The van der Waals surface area contributed by atoms with Crippen molar-refractivity contribution < 1.29 is 13.2 Å². The van der Waals surface area contributed by atoms with Crippen LogP contribution < -0.4 is 0 Å². The Hall–Kier alpha value is -0.920. The molecule has 0 bridgehead atoms. The SMILES string of the molecule is CCN(C(=O)[C@H](C)N(C)Cc1ccccc1Br)[C@H]1CCS(=O)(=O)C1. The number of sulfone groups is 1. The first-order chi connectivity index (χ1) is 11.2. The largest absolute Gasteiger partial charge is 0.338 e. The Balaban J connectivity index is 2.05. The van der Waals surface area contributed by atoms with Crippen LogP contribution in [0, 0.1) is 0 Å². The zero-order valence-electron chi connectivity index (χ0n) is 14.4. The zero-order valence-corrected chi connectivity index (χ0v) is 16.8. The van der Waals surface area contributed by atoms with Gasteiger partial charge < -0.3 is 4.90 Å². The standard InChI is InChI=1S/C17H25BrN2O3S/c1-4-20(15-9-10-24(22,23)12-15)17(21)13(2)19(3)11-14-7-5-6-8-16(14)18/h5-8,13,15H,4,9-12H2,1-3H3/t13-,15-/m0/s1. The summed E-state index contributed by atoms with van der Waals surface area (Å²) in [4.78, 5) is 16.6. The molecule has 7 heteroatoms. The third-order valence-corrected chi connectivity index (χ3v) is 7.19. The van der Waals surface area contributed by atoms with Gasteiger partial charge in [-0.25, -0.2) is 8.42 Å². The van der Waals surface area contributed by atoms with Crippen molar-refractivity contribution in [3.05, 3.63) is 34.3 Å². The minimum atomic E-state index is -3.00. The van der Waals surface area contributed by atoms with E-state index in [0.29, 0.717) is 19.5 Å². The third-order valence-electron chi connectivity index (χ3n) is 4.67. The van der Waals surface area contributed by atoms with Gasteiger partial charge in [-0.1, -0.05) is 34.1 Å². The van der Waals surface area contributed by atoms with Crippen LogP contribution in [0.1, 0.15) is 25.8 Å². The zero-order chi connectivity index (χ0) is 17.9. The van der Waals surface area contributed by atoms with Gasteiger partial charge in [0.25, 0.3) is 0 Å². The lowest BCUT2D eigenvalue weighted by atomic mass is 10.1. The van der Waals surface area contributed by atoms with E-state index in [9.17, 15) is 13.2 Å². The van der Waals surface area contributed by atoms with E-state index in [1.165, 1.54) is 0 Å². The summed E-state index contributed by atoms with van der Waals surface area (Å²) in [7, 11) is -1.08. The predicted octanol–water partition coefficient (Wildman–Crippen LogP) is 2.31. The first-order valence-electron chi connectivity index (χ1n) is 8.19. The topological polar surface area (TPSA) is 57.7 Å². The molecule has 1 aromatic rings. The number of nitrogens with zero attached hydrogens (tertiary/aromatic N) is 2. The van der Waals surface area contributed by atoms with Gasteiger partial charge in [-0.2, -0.15) is 0 Å². The summed E-state index contributed by atoms with van der Waals surface area (Å²) in [5, 5.41) is 0. The number of carbonyl (C=O) groups is 1. The Morgan fingerprint density at radius 1 is 1.38 bits per heavy atom. The lowest BCUT2D eigenvalue weighted by molar-refractivity contribution is -0.137. The molecule has 0 N–H and O–H groups in total. The first kappa shape index (κ1) is 19.4. The van der Waals surface area contributed by atoms with E-state index in [4.69, 9.17) is 0 Å². The van der Waals surface area contributed by atoms with Gasteiger partial charge in [0, 0.05) is 23.6 Å². The van der Waals surface area contributed by atoms with Crippen LogP contribution in [0.5, 0.6) is 0 Å². The molecule has 2 rings (SSSR count). The Morgan fingerprint density at radius 3 is 2.58 bits per heavy atom. The van der Waals surface area contributed by atoms with E-state index >= 15 is 0 Å². The van der Waals surface area contributed by atoms with Crippen molar-refractivity contribution in [1.29, 1.82) is 0 Å². The minimum absolute atomic E-state index is 0.00541. The fourth-order valence-electron chi connectivity index (χ4n) is 3.08. The van der Waals surface area contributed by atoms with Crippen LogP contribution in [0.4, 0.5) is 0 Å². The van der Waals surface area contributed by atoms with E-state index in [0.717, 1.165) is 10.0 Å². The molecule has 1 amide bonds. The maximum atomic E-state index is 12.9. The average Bonchev–Trinajstić information content (AvgIpc) is 2.89. The fourth-order valence-corrected chi connectivity index (χ4v) is 5.22. The number of benzene rings is 1. The maximum Gasteiger partial charge on any atom is 0.239 e. The number of hydrogen-bond donors (Lipinski definition) is 0. The summed E-state index contributed by atoms with van der Waals surface area (Å²) < 4.78 is 24.4. The highest BCUT2D eigenvalue weighted by molar-refractivity contribution is 9.10. The second-order valence-electron chi connectivity index (χ2n) is 6.36. The van der Waals surface area contributed by atoms with E-state index in [1.807, 2.05) is 50.1 Å². The molecule has 0 aromatic heterocycles. The van der Waals surface area contributed by atoms with E-state index in [2.05, 4.69) is 15.9 Å². The molecule has 0 unspecified atom stereocenters. The Morgan fingerprint density at radius 2 is 2.04 bits per heavy atom. The molecule has 0 spiro atoms. The van der Waals surface area contributed by atoms with E-state index < -0.39 is 9.84 Å². The number of carbonyl (C=O) groups excluding carboxylic acids is 1. The van der Waals surface area contributed by atoms with Crippen LogP contribution in [0.3, 0.4) is 0 Å². The van der Waals surface area contributed by atoms with Crippen molar-refractivity contribution in [3.63, 3.8) is 0 Å². The van der Waals surface area contributed by atoms with Crippen LogP contribution in [-0.2, 0) is 21.2 Å². The van der Waals surface area contributed by atoms with Crippen molar-refractivity contribution >= 4 is 31.7 Å². The van der Waals surface area contributed by atoms with E-state index in [-0.39, 0.29) is 29.5 Å². The Kier molecular flexibility index (Phi) is 6.45. The summed E-state index contributed by atoms with van der Waals surface area (Å²) in [6, 6.07) is 7.45. The van der Waals surface area contributed by atoms with Gasteiger partial charge in [0.15, 0.2) is 9.84 Å². The normalized spacial score (nSPS) is 21.0. The highest BCUT2D eigenvalue weighted by atomic mass is 79.9. The molecule has 1 aliphatic heterocycles. The molecule has 1 heterocycles. The number of hydrogen-bond acceptors (Lipinski definition) is 4. The van der Waals surface area contributed by atoms with Crippen molar-refractivity contribution in [2.24, 2.45) is 0 Å². The number of halogens is 1. The molecule has 0 saturated carbocycles. The van der Waals surface area contributed by atoms with Gasteiger partial charge in [0.2, 0.25) is 5.91 Å². The molecular weight excluding hydrogens is 392 g/mol. The summed E-state index contributed by atoms with van der Waals surface area (Å²) in [6.07, 6.45) is 0.544. The molecule has 1 aliphatic rings. The Bertz CT molecular complexity index is 693. The van der Waals surface area contributed by atoms with Crippen LogP contribution in [-0.4, -0.2) is 61.3 Å². The van der Waals surface area contributed by atoms with Crippen molar-refractivity contribution in [2.45, 2.75) is 38.9 Å². The van der Waals surface area contributed by atoms with Crippen LogP contribution in [0.25, 0.3) is 0 Å². The monoisotopic (exact) mass is 416 g/mol. The summed E-state index contributed by atoms with van der Waals surface area (Å²) in [6.45, 7) is 4.97. The lowest BCUT2D eigenvalue weighted by Gasteiger charge is -2.33. The van der Waals surface area contributed by atoms with Gasteiger partial charge in [-0.05, 0) is 38.9 Å². The van der Waals surface area contributed by atoms with E-state index in [1.54, 1.807) is 4.90 Å². The summed E-state index contributed by atoms with van der Waals surface area (Å²) >= 11 is 3.53. The first-order valence-corrected chi connectivity index (χ1v) is 10.8. The smallest absolute Gasteiger partial charge is 0.239 e. The Labute approximate surface area is 153 Å². The van der Waals surface area contributed by atoms with Crippen molar-refractivity contribution in [1.82, 2.24) is 9.80 Å². The quantitative estimate of drug-likeness (QED) is 0.713. The number of rotatable bonds is 6. The average molecular weight is 417 g/mol. The van der Waals surface area contributed by atoms with Crippen LogP contribution >= 0.6 is 15.9 Å². The van der Waals surface area contributed by atoms with Crippen molar-refractivity contribution in [2.75, 3.05) is 25.1 Å². The van der Waals surface area contributed by atoms with Crippen LogP contribution in [0.2, 0.25) is 0 Å². The van der Waals surface area contributed by atoms with Gasteiger partial charge in [-0.15, -0.1) is 0 Å². The van der Waals surface area contributed by atoms with Gasteiger partial charge >= 0.3 is 0 Å². The molecule has 134 valence electrons. The molecule has 5 nitrogen and oxygen atoms in total. The molecule has 1 saturated heterocycles. The maximum absolute atomic E-state index is 12.9. The van der Waals surface area contributed by atoms with Crippen LogP contribution in [0.15, 0.2) is 28.7 Å². The predicted molar refractivity (Wildman–Crippen MR) is 99.5 cm³/mol. The van der Waals surface area contributed by atoms with Crippen molar-refractivity contribution in [3.8, 4) is 0 Å². The highest BCUT2D eigenvalue weighted by Gasteiger charge is 2.36. The minimum Gasteiger partial charge on any atom is -0.338 e. The number of likely N-dealkylation sites (N-methyl/N-ethyl adjacent to an activating group) is 2. The molecule has 1 aromatic carbocycles. The lowest BCUT2D eigenvalue weighted by Crippen LogP contribution is -2.49. The second-order valence-corrected chi connectivity index (χ2v) is 9.45. The van der Waals surface area contributed by atoms with Gasteiger partial charge in [0.1, 0.15) is 0 Å². The molecule has 0 radical (unpaired) electrons. The van der Waals surface area contributed by atoms with Gasteiger partial charge in [0.05, 0.1) is 17.5 Å². The summed E-state index contributed by atoms with van der Waals surface area (Å²) in [5.41, 5.74) is 1.12. The third kappa shape index (κ3) is 4.58. The highest BCUT2D eigenvalue weighted by Crippen LogP contribution is 2.21. The molecular formula is C17H25BrN2O3S. The summed E-state index contributed by atoms with van der Waals surface area (Å²) in [5.74, 6) is 0.268. The molecule has 0 aliphatic carbocycles.